The van der Waals surface area contributed by atoms with E-state index < -0.39 is 0 Å². The number of halogens is 3. The molecule has 0 aliphatic heterocycles. The third-order valence-corrected chi connectivity index (χ3v) is 3.18. The van der Waals surface area contributed by atoms with Gasteiger partial charge in [0.25, 0.3) is 0 Å². The van der Waals surface area contributed by atoms with Gasteiger partial charge < -0.3 is 0 Å². The van der Waals surface area contributed by atoms with Crippen LogP contribution in [0.2, 0.25) is 5.02 Å². The fraction of sp³-hybridized carbons (Fsp3) is 0.400. The van der Waals surface area contributed by atoms with Crippen LogP contribution in [0.15, 0.2) is 18.2 Å². The second-order valence-electron chi connectivity index (χ2n) is 3.20. The second kappa shape index (κ2) is 4.97. The van der Waals surface area contributed by atoms with Crippen LogP contribution in [0.5, 0.6) is 0 Å². The molecule has 0 fully saturated rings. The van der Waals surface area contributed by atoms with Gasteiger partial charge in [0.15, 0.2) is 0 Å². The average Bonchev–Trinajstić information content (AvgIpc) is 2.11. The molecule has 0 nitrogen and oxygen atoms in total. The van der Waals surface area contributed by atoms with Crippen LogP contribution >= 0.6 is 27.5 Å². The first kappa shape index (κ1) is 11.0. The Balaban J connectivity index is 2.81. The lowest BCUT2D eigenvalue weighted by atomic mass is 10.0. The lowest BCUT2D eigenvalue weighted by Crippen LogP contribution is -2.02. The summed E-state index contributed by atoms with van der Waals surface area (Å²) in [4.78, 5) is 0. The molecule has 0 aromatic heterocycles. The molecule has 0 aliphatic carbocycles. The first-order chi connectivity index (χ1) is 6.13. The molecule has 1 aromatic carbocycles. The number of alkyl halides is 1. The Hall–Kier alpha value is -0.0800. The predicted molar refractivity (Wildman–Crippen MR) is 58.1 cm³/mol. The third kappa shape index (κ3) is 3.28. The van der Waals surface area contributed by atoms with Crippen molar-refractivity contribution in [2.24, 2.45) is 5.92 Å². The summed E-state index contributed by atoms with van der Waals surface area (Å²) >= 11 is 9.12. The first-order valence-corrected chi connectivity index (χ1v) is 5.63. The van der Waals surface area contributed by atoms with Crippen molar-refractivity contribution in [3.05, 3.63) is 34.6 Å². The minimum atomic E-state index is -0.169. The van der Waals surface area contributed by atoms with Crippen LogP contribution in [0, 0.1) is 11.7 Å². The molecule has 1 unspecified atom stereocenters. The van der Waals surface area contributed by atoms with Crippen molar-refractivity contribution < 1.29 is 4.39 Å². The van der Waals surface area contributed by atoms with Crippen LogP contribution in [0.1, 0.15) is 12.5 Å². The molecule has 0 heterocycles. The van der Waals surface area contributed by atoms with E-state index in [1.807, 2.05) is 0 Å². The molecule has 0 spiro atoms. The van der Waals surface area contributed by atoms with E-state index in [4.69, 9.17) is 11.6 Å². The lowest BCUT2D eigenvalue weighted by Gasteiger charge is -2.08. The fourth-order valence-electron chi connectivity index (χ4n) is 1.13. The fourth-order valence-corrected chi connectivity index (χ4v) is 1.55. The van der Waals surface area contributed by atoms with Crippen LogP contribution in [0.4, 0.5) is 4.39 Å². The zero-order valence-electron chi connectivity index (χ0n) is 7.36. The average molecular weight is 266 g/mol. The quantitative estimate of drug-likeness (QED) is 0.723. The maximum Gasteiger partial charge on any atom is 0.126 e. The zero-order valence-corrected chi connectivity index (χ0v) is 9.70. The Morgan fingerprint density at radius 1 is 1.54 bits per heavy atom. The highest BCUT2D eigenvalue weighted by molar-refractivity contribution is 9.09. The normalized spacial score (nSPS) is 12.9. The predicted octanol–water partition coefficient (Wildman–Crippen LogP) is 4.05. The smallest absolute Gasteiger partial charge is 0.126 e. The molecule has 0 radical (unpaired) electrons. The molecule has 13 heavy (non-hydrogen) atoms. The van der Waals surface area contributed by atoms with Crippen molar-refractivity contribution in [2.75, 3.05) is 5.33 Å². The zero-order chi connectivity index (χ0) is 9.84. The van der Waals surface area contributed by atoms with Gasteiger partial charge in [-0.25, -0.2) is 4.39 Å². The van der Waals surface area contributed by atoms with E-state index in [2.05, 4.69) is 22.9 Å². The van der Waals surface area contributed by atoms with Gasteiger partial charge >= 0.3 is 0 Å². The van der Waals surface area contributed by atoms with Gasteiger partial charge in [-0.3, -0.25) is 0 Å². The number of rotatable bonds is 3. The number of hydrogen-bond donors (Lipinski definition) is 0. The topological polar surface area (TPSA) is 0 Å². The van der Waals surface area contributed by atoms with E-state index in [0.29, 0.717) is 16.5 Å². The van der Waals surface area contributed by atoms with E-state index in [9.17, 15) is 4.39 Å². The molecule has 0 N–H and O–H groups in total. The minimum Gasteiger partial charge on any atom is -0.207 e. The van der Waals surface area contributed by atoms with Gasteiger partial charge in [0.05, 0.1) is 0 Å². The summed E-state index contributed by atoms with van der Waals surface area (Å²) in [6.07, 6.45) is 0.720. The maximum atomic E-state index is 13.2. The molecule has 0 saturated heterocycles. The second-order valence-corrected chi connectivity index (χ2v) is 4.28. The third-order valence-electron chi connectivity index (χ3n) is 1.84. The van der Waals surface area contributed by atoms with Crippen LogP contribution in [0.3, 0.4) is 0 Å². The molecule has 0 amide bonds. The van der Waals surface area contributed by atoms with E-state index in [1.165, 1.54) is 6.07 Å². The van der Waals surface area contributed by atoms with Crippen molar-refractivity contribution >= 4 is 27.5 Å². The monoisotopic (exact) mass is 264 g/mol. The number of hydrogen-bond acceptors (Lipinski definition) is 0. The Morgan fingerprint density at radius 2 is 2.23 bits per heavy atom. The van der Waals surface area contributed by atoms with Gasteiger partial charge in [-0.05, 0) is 36.1 Å². The summed E-state index contributed by atoms with van der Waals surface area (Å²) in [5, 5.41) is 1.47. The van der Waals surface area contributed by atoms with E-state index >= 15 is 0 Å². The van der Waals surface area contributed by atoms with Crippen molar-refractivity contribution in [2.45, 2.75) is 13.3 Å². The summed E-state index contributed by atoms with van der Waals surface area (Å²) in [6.45, 7) is 2.06. The van der Waals surface area contributed by atoms with Gasteiger partial charge in [0.1, 0.15) is 5.82 Å². The van der Waals surface area contributed by atoms with Crippen molar-refractivity contribution in [3.63, 3.8) is 0 Å². The van der Waals surface area contributed by atoms with E-state index in [0.717, 1.165) is 11.8 Å². The SMILES string of the molecule is CC(CBr)Cc1cc(Cl)ccc1F. The minimum absolute atomic E-state index is 0.169. The summed E-state index contributed by atoms with van der Waals surface area (Å²) in [5.41, 5.74) is 0.694. The maximum absolute atomic E-state index is 13.2. The largest absolute Gasteiger partial charge is 0.207 e. The highest BCUT2D eigenvalue weighted by atomic mass is 79.9. The highest BCUT2D eigenvalue weighted by Gasteiger charge is 2.07. The molecule has 1 rings (SSSR count). The standard InChI is InChI=1S/C10H11BrClF/c1-7(6-11)4-8-5-9(12)2-3-10(8)13/h2-3,5,7H,4,6H2,1H3. The van der Waals surface area contributed by atoms with Gasteiger partial charge in [-0.15, -0.1) is 0 Å². The van der Waals surface area contributed by atoms with Crippen LogP contribution in [-0.2, 0) is 6.42 Å². The Bertz CT molecular complexity index is 288. The van der Waals surface area contributed by atoms with Crippen molar-refractivity contribution in [1.82, 2.24) is 0 Å². The molecular formula is C10H11BrClF. The molecule has 1 aromatic rings. The molecule has 0 bridgehead atoms. The summed E-state index contributed by atoms with van der Waals surface area (Å²) in [5.74, 6) is 0.255. The molecular weight excluding hydrogens is 254 g/mol. The molecule has 1 atom stereocenters. The Morgan fingerprint density at radius 3 is 2.85 bits per heavy atom. The van der Waals surface area contributed by atoms with Crippen molar-refractivity contribution in [1.29, 1.82) is 0 Å². The lowest BCUT2D eigenvalue weighted by molar-refractivity contribution is 0.579. The van der Waals surface area contributed by atoms with Gasteiger partial charge in [0.2, 0.25) is 0 Å². The van der Waals surface area contributed by atoms with Crippen LogP contribution in [-0.4, -0.2) is 5.33 Å². The summed E-state index contributed by atoms with van der Waals surface area (Å²) < 4.78 is 13.2. The van der Waals surface area contributed by atoms with E-state index in [-0.39, 0.29) is 5.82 Å². The highest BCUT2D eigenvalue weighted by Crippen LogP contribution is 2.18. The molecule has 0 aliphatic rings. The number of benzene rings is 1. The van der Waals surface area contributed by atoms with Gasteiger partial charge in [-0.2, -0.15) is 0 Å². The Kier molecular flexibility index (Phi) is 4.20. The van der Waals surface area contributed by atoms with Crippen LogP contribution in [0.25, 0.3) is 0 Å². The van der Waals surface area contributed by atoms with Crippen LogP contribution < -0.4 is 0 Å². The van der Waals surface area contributed by atoms with Gasteiger partial charge in [0, 0.05) is 10.4 Å². The van der Waals surface area contributed by atoms with Gasteiger partial charge in [-0.1, -0.05) is 34.5 Å². The van der Waals surface area contributed by atoms with E-state index in [1.54, 1.807) is 12.1 Å². The first-order valence-electron chi connectivity index (χ1n) is 4.13. The van der Waals surface area contributed by atoms with Crippen molar-refractivity contribution in [3.8, 4) is 0 Å². The Labute approximate surface area is 91.2 Å². The molecule has 0 saturated carbocycles. The molecule has 72 valence electrons. The molecule has 3 heteroatoms. The summed E-state index contributed by atoms with van der Waals surface area (Å²) in [6, 6.07) is 4.67. The summed E-state index contributed by atoms with van der Waals surface area (Å²) in [7, 11) is 0.